The first kappa shape index (κ1) is 13.8. The molecule has 0 saturated carbocycles. The van der Waals surface area contributed by atoms with Crippen LogP contribution in [0.4, 0.5) is 18.9 Å². The lowest BCUT2D eigenvalue weighted by atomic mass is 10.1. The molecule has 1 unspecified atom stereocenters. The number of alkyl halides is 3. The number of thiocarbonyl (C=S) groups is 1. The van der Waals surface area contributed by atoms with Crippen molar-refractivity contribution in [3.8, 4) is 0 Å². The smallest absolute Gasteiger partial charge is 0.393 e. The summed E-state index contributed by atoms with van der Waals surface area (Å²) in [6.07, 6.45) is -4.30. The highest BCUT2D eigenvalue weighted by atomic mass is 32.1. The van der Waals surface area contributed by atoms with Crippen LogP contribution in [0.5, 0.6) is 0 Å². The first-order chi connectivity index (χ1) is 7.80. The fourth-order valence-electron chi connectivity index (χ4n) is 1.15. The van der Waals surface area contributed by atoms with E-state index >= 15 is 0 Å². The van der Waals surface area contributed by atoms with Crippen LogP contribution in [0, 0.1) is 5.92 Å². The van der Waals surface area contributed by atoms with Crippen LogP contribution in [0.2, 0.25) is 0 Å². The Hall–Kier alpha value is -1.30. The lowest BCUT2D eigenvalue weighted by Gasteiger charge is -2.13. The van der Waals surface area contributed by atoms with Crippen LogP contribution in [0.25, 0.3) is 0 Å². The maximum absolute atomic E-state index is 12.3. The van der Waals surface area contributed by atoms with Crippen LogP contribution in [0.15, 0.2) is 24.3 Å². The molecule has 0 radical (unpaired) electrons. The summed E-state index contributed by atoms with van der Waals surface area (Å²) in [5.74, 6) is -0.00714. The number of anilines is 1. The van der Waals surface area contributed by atoms with Gasteiger partial charge in [0.15, 0.2) is 0 Å². The van der Waals surface area contributed by atoms with Crippen molar-refractivity contribution in [2.75, 3.05) is 11.9 Å². The minimum absolute atomic E-state index is 0.00714. The molecule has 0 aliphatic carbocycles. The van der Waals surface area contributed by atoms with E-state index in [4.69, 9.17) is 18.0 Å². The molecular formula is C11H13F3N2S. The summed E-state index contributed by atoms with van der Waals surface area (Å²) in [6.45, 7) is 2.35. The molecule has 0 aliphatic rings. The van der Waals surface area contributed by atoms with Crippen molar-refractivity contribution >= 4 is 22.9 Å². The minimum atomic E-state index is -4.30. The normalized spacial score (nSPS) is 13.2. The third-order valence-electron chi connectivity index (χ3n) is 2.31. The Morgan fingerprint density at radius 1 is 1.35 bits per heavy atom. The highest BCUT2D eigenvalue weighted by Gasteiger charge is 2.29. The number of hydrogen-bond acceptors (Lipinski definition) is 2. The Kier molecular flexibility index (Phi) is 4.34. The second-order valence-corrected chi connectivity index (χ2v) is 4.23. The predicted octanol–water partition coefficient (Wildman–Crippen LogP) is 3.04. The largest absolute Gasteiger partial charge is 0.416 e. The Morgan fingerprint density at radius 2 is 1.88 bits per heavy atom. The van der Waals surface area contributed by atoms with Crippen molar-refractivity contribution in [3.05, 3.63) is 29.8 Å². The number of nitrogens with two attached hydrogens (primary N) is 1. The van der Waals surface area contributed by atoms with Gasteiger partial charge in [0.2, 0.25) is 0 Å². The third kappa shape index (κ3) is 4.22. The molecule has 0 bridgehead atoms. The molecule has 17 heavy (non-hydrogen) atoms. The molecule has 0 fully saturated rings. The third-order valence-corrected chi connectivity index (χ3v) is 2.71. The van der Waals surface area contributed by atoms with E-state index in [1.807, 2.05) is 6.92 Å². The van der Waals surface area contributed by atoms with Crippen molar-refractivity contribution in [2.24, 2.45) is 11.7 Å². The topological polar surface area (TPSA) is 38.0 Å². The molecule has 1 aromatic rings. The molecule has 0 aliphatic heterocycles. The molecule has 1 aromatic carbocycles. The van der Waals surface area contributed by atoms with Gasteiger partial charge in [0.1, 0.15) is 0 Å². The van der Waals surface area contributed by atoms with Gasteiger partial charge in [-0.1, -0.05) is 19.1 Å². The molecule has 0 aromatic heterocycles. The first-order valence-corrected chi connectivity index (χ1v) is 5.42. The first-order valence-electron chi connectivity index (χ1n) is 5.01. The summed E-state index contributed by atoms with van der Waals surface area (Å²) < 4.78 is 36.9. The quantitative estimate of drug-likeness (QED) is 0.819. The molecule has 1 rings (SSSR count). The Bertz CT molecular complexity index is 387. The summed E-state index contributed by atoms with van der Waals surface area (Å²) >= 11 is 4.79. The zero-order chi connectivity index (χ0) is 13.1. The van der Waals surface area contributed by atoms with Gasteiger partial charge in [-0.15, -0.1) is 0 Å². The fraction of sp³-hybridized carbons (Fsp3) is 0.364. The van der Waals surface area contributed by atoms with Gasteiger partial charge < -0.3 is 11.1 Å². The van der Waals surface area contributed by atoms with Gasteiger partial charge in [-0.3, -0.25) is 0 Å². The van der Waals surface area contributed by atoms with Crippen LogP contribution < -0.4 is 11.1 Å². The van der Waals surface area contributed by atoms with Crippen molar-refractivity contribution in [1.29, 1.82) is 0 Å². The number of hydrogen-bond donors (Lipinski definition) is 2. The van der Waals surface area contributed by atoms with E-state index in [2.05, 4.69) is 5.32 Å². The van der Waals surface area contributed by atoms with E-state index in [0.29, 0.717) is 17.2 Å². The van der Waals surface area contributed by atoms with Crippen molar-refractivity contribution in [1.82, 2.24) is 0 Å². The van der Waals surface area contributed by atoms with Crippen LogP contribution in [0.3, 0.4) is 0 Å². The number of halogens is 3. The molecule has 0 saturated heterocycles. The minimum Gasteiger partial charge on any atom is -0.393 e. The van der Waals surface area contributed by atoms with Crippen LogP contribution in [-0.4, -0.2) is 11.5 Å². The van der Waals surface area contributed by atoms with Gasteiger partial charge in [0.25, 0.3) is 0 Å². The zero-order valence-corrected chi connectivity index (χ0v) is 10.0. The van der Waals surface area contributed by atoms with Gasteiger partial charge in [-0.2, -0.15) is 13.2 Å². The molecule has 0 heterocycles. The molecule has 1 atom stereocenters. The molecule has 6 heteroatoms. The molecule has 94 valence electrons. The highest BCUT2D eigenvalue weighted by Crippen LogP contribution is 2.29. The molecule has 3 N–H and O–H groups in total. The van der Waals surface area contributed by atoms with Crippen molar-refractivity contribution in [2.45, 2.75) is 13.1 Å². The van der Waals surface area contributed by atoms with E-state index < -0.39 is 11.7 Å². The average molecular weight is 262 g/mol. The maximum atomic E-state index is 12.3. The van der Waals surface area contributed by atoms with E-state index in [0.717, 1.165) is 12.1 Å². The van der Waals surface area contributed by atoms with Crippen LogP contribution in [-0.2, 0) is 6.18 Å². The second-order valence-electron chi connectivity index (χ2n) is 3.76. The van der Waals surface area contributed by atoms with E-state index in [1.54, 1.807) is 0 Å². The lowest BCUT2D eigenvalue weighted by Crippen LogP contribution is -2.25. The summed E-state index contributed by atoms with van der Waals surface area (Å²) in [4.78, 5) is 0.379. The average Bonchev–Trinajstić information content (AvgIpc) is 2.25. The molecule has 0 amide bonds. The van der Waals surface area contributed by atoms with E-state index in [1.165, 1.54) is 12.1 Å². The monoisotopic (exact) mass is 262 g/mol. The SMILES string of the molecule is CC(CNc1ccc(C(F)(F)F)cc1)C(N)=S. The van der Waals surface area contributed by atoms with E-state index in [-0.39, 0.29) is 5.92 Å². The van der Waals surface area contributed by atoms with Gasteiger partial charge >= 0.3 is 6.18 Å². The summed E-state index contributed by atoms with van der Waals surface area (Å²) in [7, 11) is 0. The van der Waals surface area contributed by atoms with Crippen molar-refractivity contribution in [3.63, 3.8) is 0 Å². The van der Waals surface area contributed by atoms with Gasteiger partial charge in [0.05, 0.1) is 10.6 Å². The summed E-state index contributed by atoms with van der Waals surface area (Å²) in [6, 6.07) is 4.84. The fourth-order valence-corrected chi connectivity index (χ4v) is 1.23. The standard InChI is InChI=1S/C11H13F3N2S/c1-7(10(15)17)6-16-9-4-2-8(3-5-9)11(12,13)14/h2-5,7,16H,6H2,1H3,(H2,15,17). The maximum Gasteiger partial charge on any atom is 0.416 e. The van der Waals surface area contributed by atoms with Crippen LogP contribution in [0.1, 0.15) is 12.5 Å². The predicted molar refractivity (Wildman–Crippen MR) is 65.9 cm³/mol. The zero-order valence-electron chi connectivity index (χ0n) is 9.21. The van der Waals surface area contributed by atoms with E-state index in [9.17, 15) is 13.2 Å². The van der Waals surface area contributed by atoms with Crippen LogP contribution >= 0.6 is 12.2 Å². The molecule has 2 nitrogen and oxygen atoms in total. The van der Waals surface area contributed by atoms with Crippen molar-refractivity contribution < 1.29 is 13.2 Å². The Balaban J connectivity index is 2.60. The summed E-state index contributed by atoms with van der Waals surface area (Å²) in [5, 5.41) is 2.97. The lowest BCUT2D eigenvalue weighted by molar-refractivity contribution is -0.137. The highest BCUT2D eigenvalue weighted by molar-refractivity contribution is 7.80. The van der Waals surface area contributed by atoms with Gasteiger partial charge in [0, 0.05) is 18.2 Å². The van der Waals surface area contributed by atoms with Gasteiger partial charge in [-0.25, -0.2) is 0 Å². The summed E-state index contributed by atoms with van der Waals surface area (Å²) in [5.41, 5.74) is 5.37. The number of rotatable bonds is 4. The number of nitrogens with one attached hydrogen (secondary N) is 1. The number of benzene rings is 1. The molecular weight excluding hydrogens is 249 g/mol. The van der Waals surface area contributed by atoms with Gasteiger partial charge in [-0.05, 0) is 24.3 Å². The molecule has 0 spiro atoms. The second kappa shape index (κ2) is 5.35. The Morgan fingerprint density at radius 3 is 2.29 bits per heavy atom. The Labute approximate surface area is 103 Å².